The number of carbonyl (C=O) groups is 1. The number of nitrogens with zero attached hydrogens (tertiary/aromatic N) is 5. The number of pyridine rings is 1. The minimum absolute atomic E-state index is 0.0145. The number of aromatic nitrogens is 4. The van der Waals surface area contributed by atoms with Crippen LogP contribution in [0.25, 0.3) is 16.6 Å². The summed E-state index contributed by atoms with van der Waals surface area (Å²) in [6.45, 7) is 4.52. The standard InChI is InChI=1S/C30H25Cl2N5O3/c1-19(38)21-2-4-26-28(11-21)37(15-24-13-33-18-40-24)30(35-26)16-36-9-7-22(14-36)27-10-20(6-8-34-27)17-39-29-5-3-23(31)12-25(29)32/h2-8,10-13,18H,9,14-17H2,1H3. The lowest BCUT2D eigenvalue weighted by atomic mass is 10.1. The highest BCUT2D eigenvalue weighted by molar-refractivity contribution is 6.35. The molecule has 3 aromatic heterocycles. The van der Waals surface area contributed by atoms with Crippen molar-refractivity contribution in [3.63, 3.8) is 0 Å². The van der Waals surface area contributed by atoms with Gasteiger partial charge in [0, 0.05) is 29.9 Å². The lowest BCUT2D eigenvalue weighted by Crippen LogP contribution is -2.23. The van der Waals surface area contributed by atoms with Crippen molar-refractivity contribution in [3.8, 4) is 5.75 Å². The maximum absolute atomic E-state index is 12.0. The molecule has 4 heterocycles. The molecular formula is C30H25Cl2N5O3. The molecule has 10 heteroatoms. The second-order valence-corrected chi connectivity index (χ2v) is 10.5. The first kappa shape index (κ1) is 26.3. The number of Topliss-reactive ketones (excluding diaryl/α,β-unsaturated/α-hetero) is 1. The van der Waals surface area contributed by atoms with Gasteiger partial charge in [-0.05, 0) is 66.6 Å². The minimum atomic E-state index is 0.0145. The van der Waals surface area contributed by atoms with Gasteiger partial charge in [0.25, 0.3) is 0 Å². The number of ether oxygens (including phenoxy) is 1. The number of imidazole rings is 1. The highest BCUT2D eigenvalue weighted by Crippen LogP contribution is 2.29. The first-order valence-electron chi connectivity index (χ1n) is 12.7. The van der Waals surface area contributed by atoms with Gasteiger partial charge in [0.1, 0.15) is 23.9 Å². The van der Waals surface area contributed by atoms with Crippen LogP contribution in [0.15, 0.2) is 77.8 Å². The first-order valence-corrected chi connectivity index (χ1v) is 13.5. The second-order valence-electron chi connectivity index (χ2n) is 9.65. The molecule has 5 aromatic rings. The van der Waals surface area contributed by atoms with Crippen LogP contribution in [0.3, 0.4) is 0 Å². The molecule has 0 saturated heterocycles. The van der Waals surface area contributed by atoms with Crippen molar-refractivity contribution >= 4 is 45.6 Å². The van der Waals surface area contributed by atoms with E-state index in [2.05, 4.69) is 25.5 Å². The molecule has 0 spiro atoms. The number of oxazole rings is 1. The van der Waals surface area contributed by atoms with Crippen molar-refractivity contribution in [1.82, 2.24) is 24.4 Å². The van der Waals surface area contributed by atoms with Crippen molar-refractivity contribution in [2.24, 2.45) is 0 Å². The summed E-state index contributed by atoms with van der Waals surface area (Å²) in [5.41, 5.74) is 5.42. The topological polar surface area (TPSA) is 86.3 Å². The summed E-state index contributed by atoms with van der Waals surface area (Å²) in [4.78, 5) is 27.9. The van der Waals surface area contributed by atoms with E-state index < -0.39 is 0 Å². The van der Waals surface area contributed by atoms with E-state index in [4.69, 9.17) is 37.3 Å². The Morgan fingerprint density at radius 2 is 2.00 bits per heavy atom. The molecule has 0 bridgehead atoms. The molecule has 0 atom stereocenters. The second kappa shape index (κ2) is 11.3. The predicted octanol–water partition coefficient (Wildman–Crippen LogP) is 6.46. The summed E-state index contributed by atoms with van der Waals surface area (Å²) in [5.74, 6) is 2.20. The Labute approximate surface area is 240 Å². The molecule has 0 amide bonds. The average Bonchev–Trinajstić information content (AvgIpc) is 3.70. The van der Waals surface area contributed by atoms with E-state index >= 15 is 0 Å². The van der Waals surface area contributed by atoms with Crippen LogP contribution < -0.4 is 4.74 Å². The van der Waals surface area contributed by atoms with Crippen LogP contribution in [0, 0.1) is 0 Å². The number of halogens is 2. The zero-order valence-corrected chi connectivity index (χ0v) is 23.2. The van der Waals surface area contributed by atoms with Crippen molar-refractivity contribution in [2.75, 3.05) is 13.1 Å². The van der Waals surface area contributed by atoms with E-state index in [0.717, 1.165) is 52.5 Å². The molecule has 1 aliphatic heterocycles. The smallest absolute Gasteiger partial charge is 0.180 e. The SMILES string of the molecule is CC(=O)c1ccc2nc(CN3CC=C(c4cc(COc5ccc(Cl)cc5Cl)ccn4)C3)n(Cc3cnco3)c2c1. The lowest BCUT2D eigenvalue weighted by Gasteiger charge is -2.17. The lowest BCUT2D eigenvalue weighted by molar-refractivity contribution is 0.101. The molecule has 0 fully saturated rings. The highest BCUT2D eigenvalue weighted by Gasteiger charge is 2.21. The number of carbonyl (C=O) groups excluding carboxylic acids is 1. The third kappa shape index (κ3) is 5.65. The molecule has 0 saturated carbocycles. The van der Waals surface area contributed by atoms with Crippen molar-refractivity contribution in [2.45, 2.75) is 26.6 Å². The highest BCUT2D eigenvalue weighted by atomic mass is 35.5. The quantitative estimate of drug-likeness (QED) is 0.187. The molecule has 0 aliphatic carbocycles. The predicted molar refractivity (Wildman–Crippen MR) is 154 cm³/mol. The van der Waals surface area contributed by atoms with Crippen LogP contribution in [-0.4, -0.2) is 43.3 Å². The van der Waals surface area contributed by atoms with Gasteiger partial charge in [0.05, 0.1) is 41.0 Å². The molecule has 0 unspecified atom stereocenters. The van der Waals surface area contributed by atoms with Gasteiger partial charge in [-0.2, -0.15) is 0 Å². The Bertz CT molecular complexity index is 1730. The van der Waals surface area contributed by atoms with Crippen molar-refractivity contribution < 1.29 is 13.9 Å². The van der Waals surface area contributed by atoms with Gasteiger partial charge >= 0.3 is 0 Å². The van der Waals surface area contributed by atoms with E-state index in [1.165, 1.54) is 6.39 Å². The summed E-state index contributed by atoms with van der Waals surface area (Å²) in [7, 11) is 0. The van der Waals surface area contributed by atoms with Gasteiger partial charge < -0.3 is 13.7 Å². The Balaban J connectivity index is 1.18. The number of benzene rings is 2. The van der Waals surface area contributed by atoms with Gasteiger partial charge in [-0.1, -0.05) is 29.3 Å². The fraction of sp³-hybridized carbons (Fsp3) is 0.200. The normalized spacial score (nSPS) is 13.6. The van der Waals surface area contributed by atoms with Gasteiger partial charge in [-0.25, -0.2) is 9.97 Å². The number of ketones is 1. The van der Waals surface area contributed by atoms with Crippen LogP contribution in [0.2, 0.25) is 10.0 Å². The zero-order chi connectivity index (χ0) is 27.6. The third-order valence-corrected chi connectivity index (χ3v) is 7.36. The summed E-state index contributed by atoms with van der Waals surface area (Å²) < 4.78 is 13.5. The maximum atomic E-state index is 12.0. The summed E-state index contributed by atoms with van der Waals surface area (Å²) in [6, 6.07) is 14.8. The molecule has 1 aliphatic rings. The van der Waals surface area contributed by atoms with Gasteiger partial charge in [0.15, 0.2) is 12.2 Å². The van der Waals surface area contributed by atoms with Crippen LogP contribution in [0.1, 0.15) is 40.1 Å². The summed E-state index contributed by atoms with van der Waals surface area (Å²) in [6.07, 6.45) is 7.11. The Kier molecular flexibility index (Phi) is 7.38. The molecule has 40 heavy (non-hydrogen) atoms. The monoisotopic (exact) mass is 573 g/mol. The minimum Gasteiger partial charge on any atom is -0.487 e. The van der Waals surface area contributed by atoms with Gasteiger partial charge in [0.2, 0.25) is 0 Å². The number of fused-ring (bicyclic) bond motifs is 1. The third-order valence-electron chi connectivity index (χ3n) is 6.83. The molecule has 2 aromatic carbocycles. The van der Waals surface area contributed by atoms with Crippen LogP contribution >= 0.6 is 23.2 Å². The largest absolute Gasteiger partial charge is 0.487 e. The average molecular weight is 574 g/mol. The fourth-order valence-corrected chi connectivity index (χ4v) is 5.24. The van der Waals surface area contributed by atoms with Crippen molar-refractivity contribution in [3.05, 3.63) is 112 Å². The van der Waals surface area contributed by atoms with E-state index in [1.807, 2.05) is 30.3 Å². The van der Waals surface area contributed by atoms with Crippen LogP contribution in [-0.2, 0) is 19.7 Å². The van der Waals surface area contributed by atoms with E-state index in [9.17, 15) is 4.79 Å². The van der Waals surface area contributed by atoms with Gasteiger partial charge in [-0.3, -0.25) is 14.7 Å². The van der Waals surface area contributed by atoms with E-state index in [1.54, 1.807) is 37.5 Å². The molecule has 8 nitrogen and oxygen atoms in total. The molecular weight excluding hydrogens is 549 g/mol. The van der Waals surface area contributed by atoms with Gasteiger partial charge in [-0.15, -0.1) is 0 Å². The molecule has 0 N–H and O–H groups in total. The van der Waals surface area contributed by atoms with Crippen LogP contribution in [0.4, 0.5) is 0 Å². The Morgan fingerprint density at radius 1 is 1.10 bits per heavy atom. The summed E-state index contributed by atoms with van der Waals surface area (Å²) in [5, 5.41) is 1.04. The Morgan fingerprint density at radius 3 is 2.80 bits per heavy atom. The summed E-state index contributed by atoms with van der Waals surface area (Å²) >= 11 is 12.2. The number of hydrogen-bond donors (Lipinski definition) is 0. The maximum Gasteiger partial charge on any atom is 0.180 e. The van der Waals surface area contributed by atoms with E-state index in [0.29, 0.717) is 41.1 Å². The van der Waals surface area contributed by atoms with Crippen LogP contribution in [0.5, 0.6) is 5.75 Å². The van der Waals surface area contributed by atoms with Crippen molar-refractivity contribution in [1.29, 1.82) is 0 Å². The Hall–Kier alpha value is -3.98. The molecule has 202 valence electrons. The molecule has 6 rings (SSSR count). The number of rotatable bonds is 9. The molecule has 0 radical (unpaired) electrons. The fourth-order valence-electron chi connectivity index (χ4n) is 4.77. The first-order chi connectivity index (χ1) is 19.4. The zero-order valence-electron chi connectivity index (χ0n) is 21.7. The van der Waals surface area contributed by atoms with E-state index in [-0.39, 0.29) is 5.78 Å². The number of hydrogen-bond acceptors (Lipinski definition) is 7.